The van der Waals surface area contributed by atoms with E-state index in [0.29, 0.717) is 30.3 Å². The van der Waals surface area contributed by atoms with Gasteiger partial charge in [0.25, 0.3) is 0 Å². The molecule has 148 valence electrons. The van der Waals surface area contributed by atoms with Crippen molar-refractivity contribution in [1.82, 2.24) is 14.7 Å². The van der Waals surface area contributed by atoms with E-state index >= 15 is 0 Å². The summed E-state index contributed by atoms with van der Waals surface area (Å²) in [5.74, 6) is -0.679. The van der Waals surface area contributed by atoms with Crippen molar-refractivity contribution in [3.63, 3.8) is 0 Å². The fourth-order valence-electron chi connectivity index (χ4n) is 3.98. The van der Waals surface area contributed by atoms with Crippen LogP contribution in [0.3, 0.4) is 0 Å². The predicted molar refractivity (Wildman–Crippen MR) is 103 cm³/mol. The van der Waals surface area contributed by atoms with Crippen LogP contribution in [0.4, 0.5) is 0 Å². The molecule has 2 heterocycles. The zero-order valence-electron chi connectivity index (χ0n) is 16.4. The van der Waals surface area contributed by atoms with Gasteiger partial charge in [-0.1, -0.05) is 12.1 Å². The lowest BCUT2D eigenvalue weighted by molar-refractivity contribution is -0.131. The van der Waals surface area contributed by atoms with E-state index in [4.69, 9.17) is 5.11 Å². The summed E-state index contributed by atoms with van der Waals surface area (Å²) in [7, 11) is 0. The van der Waals surface area contributed by atoms with Gasteiger partial charge in [0.15, 0.2) is 5.78 Å². The molecule has 0 bridgehead atoms. The van der Waals surface area contributed by atoms with Gasteiger partial charge in [0, 0.05) is 18.8 Å². The van der Waals surface area contributed by atoms with E-state index in [9.17, 15) is 14.4 Å². The quantitative estimate of drug-likeness (QED) is 0.774. The summed E-state index contributed by atoms with van der Waals surface area (Å²) in [5.41, 5.74) is 3.22. The molecular formula is C21H25N3O4. The summed E-state index contributed by atoms with van der Waals surface area (Å²) >= 11 is 0. The molecule has 1 amide bonds. The van der Waals surface area contributed by atoms with E-state index in [1.807, 2.05) is 17.9 Å². The number of amides is 1. The molecule has 0 saturated carbocycles. The number of benzene rings is 1. The molecule has 7 nitrogen and oxygen atoms in total. The molecule has 1 saturated heterocycles. The number of aromatic carboxylic acids is 1. The molecular weight excluding hydrogens is 358 g/mol. The van der Waals surface area contributed by atoms with E-state index in [1.54, 1.807) is 29.8 Å². The molecule has 7 heteroatoms. The molecule has 1 atom stereocenters. The third kappa shape index (κ3) is 4.13. The third-order valence-electron chi connectivity index (χ3n) is 5.36. The van der Waals surface area contributed by atoms with E-state index < -0.39 is 5.97 Å². The Morgan fingerprint density at radius 2 is 2.00 bits per heavy atom. The molecule has 1 unspecified atom stereocenters. The molecule has 1 aliphatic heterocycles. The Labute approximate surface area is 164 Å². The van der Waals surface area contributed by atoms with Crippen LogP contribution in [-0.4, -0.2) is 50.5 Å². The molecule has 28 heavy (non-hydrogen) atoms. The Hall–Kier alpha value is -2.96. The average molecular weight is 383 g/mol. The van der Waals surface area contributed by atoms with Gasteiger partial charge < -0.3 is 10.0 Å². The monoisotopic (exact) mass is 383 g/mol. The van der Waals surface area contributed by atoms with Crippen molar-refractivity contribution in [2.45, 2.75) is 40.2 Å². The van der Waals surface area contributed by atoms with Crippen molar-refractivity contribution in [3.8, 4) is 0 Å². The summed E-state index contributed by atoms with van der Waals surface area (Å²) in [6.07, 6.45) is 1.64. The number of aromatic nitrogens is 2. The SMILES string of the molecule is CC(=O)c1c(C)nn(CC(=O)N2CCC(Cc3cccc(C(=O)O)c3)C2)c1C. The van der Waals surface area contributed by atoms with Gasteiger partial charge in [-0.25, -0.2) is 4.79 Å². The highest BCUT2D eigenvalue weighted by molar-refractivity contribution is 5.96. The second-order valence-corrected chi connectivity index (χ2v) is 7.46. The maximum atomic E-state index is 12.7. The van der Waals surface area contributed by atoms with Crippen LogP contribution in [0, 0.1) is 19.8 Å². The van der Waals surface area contributed by atoms with Crippen LogP contribution in [0.2, 0.25) is 0 Å². The van der Waals surface area contributed by atoms with Crippen LogP contribution in [0.25, 0.3) is 0 Å². The molecule has 0 radical (unpaired) electrons. The topological polar surface area (TPSA) is 92.5 Å². The zero-order chi connectivity index (χ0) is 20.4. The van der Waals surface area contributed by atoms with Gasteiger partial charge >= 0.3 is 5.97 Å². The number of nitrogens with zero attached hydrogens (tertiary/aromatic N) is 3. The molecule has 1 aromatic heterocycles. The van der Waals surface area contributed by atoms with Crippen LogP contribution in [0.5, 0.6) is 0 Å². The van der Waals surface area contributed by atoms with E-state index in [0.717, 1.165) is 24.1 Å². The second kappa shape index (κ2) is 7.96. The maximum Gasteiger partial charge on any atom is 0.335 e. The molecule has 2 aromatic rings. The van der Waals surface area contributed by atoms with Gasteiger partial charge in [0.1, 0.15) is 6.54 Å². The minimum absolute atomic E-state index is 0.0116. The van der Waals surface area contributed by atoms with E-state index in [2.05, 4.69) is 5.10 Å². The number of carboxylic acids is 1. The van der Waals surface area contributed by atoms with Crippen LogP contribution < -0.4 is 0 Å². The number of Topliss-reactive ketones (excluding diaryl/α,β-unsaturated/α-hetero) is 1. The number of carboxylic acid groups (broad SMARTS) is 1. The van der Waals surface area contributed by atoms with Crippen LogP contribution in [-0.2, 0) is 17.8 Å². The fraction of sp³-hybridized carbons (Fsp3) is 0.429. The Bertz CT molecular complexity index is 932. The lowest BCUT2D eigenvalue weighted by Gasteiger charge is -2.17. The van der Waals surface area contributed by atoms with Crippen molar-refractivity contribution >= 4 is 17.7 Å². The first kappa shape index (κ1) is 19.8. The predicted octanol–water partition coefficient (Wildman–Crippen LogP) is 2.49. The van der Waals surface area contributed by atoms with Crippen molar-refractivity contribution in [2.24, 2.45) is 5.92 Å². The van der Waals surface area contributed by atoms with E-state index in [1.165, 1.54) is 6.92 Å². The Kier molecular flexibility index (Phi) is 5.63. The molecule has 1 N–H and O–H groups in total. The minimum Gasteiger partial charge on any atom is -0.478 e. The Morgan fingerprint density at radius 3 is 2.64 bits per heavy atom. The second-order valence-electron chi connectivity index (χ2n) is 7.46. The number of hydrogen-bond acceptors (Lipinski definition) is 4. The highest BCUT2D eigenvalue weighted by Crippen LogP contribution is 2.22. The van der Waals surface area contributed by atoms with Crippen molar-refractivity contribution in [1.29, 1.82) is 0 Å². The summed E-state index contributed by atoms with van der Waals surface area (Å²) in [6.45, 7) is 6.55. The number of hydrogen-bond donors (Lipinski definition) is 1. The van der Waals surface area contributed by atoms with Crippen LogP contribution >= 0.6 is 0 Å². The lowest BCUT2D eigenvalue weighted by atomic mass is 9.97. The first-order chi connectivity index (χ1) is 13.3. The number of carbonyl (C=O) groups is 3. The smallest absolute Gasteiger partial charge is 0.335 e. The van der Waals surface area contributed by atoms with Crippen molar-refractivity contribution < 1.29 is 19.5 Å². The van der Waals surface area contributed by atoms with Gasteiger partial charge in [-0.3, -0.25) is 14.3 Å². The first-order valence-electron chi connectivity index (χ1n) is 9.41. The largest absolute Gasteiger partial charge is 0.478 e. The number of likely N-dealkylation sites (tertiary alicyclic amines) is 1. The van der Waals surface area contributed by atoms with Gasteiger partial charge in [0.2, 0.25) is 5.91 Å². The minimum atomic E-state index is -0.931. The first-order valence-corrected chi connectivity index (χ1v) is 9.41. The lowest BCUT2D eigenvalue weighted by Crippen LogP contribution is -2.32. The molecule has 1 aliphatic rings. The average Bonchev–Trinajstić information content (AvgIpc) is 3.19. The Balaban J connectivity index is 1.62. The number of carbonyl (C=O) groups excluding carboxylic acids is 2. The van der Waals surface area contributed by atoms with Gasteiger partial charge in [-0.2, -0.15) is 5.10 Å². The highest BCUT2D eigenvalue weighted by atomic mass is 16.4. The summed E-state index contributed by atoms with van der Waals surface area (Å²) in [5, 5.41) is 13.5. The number of aryl methyl sites for hydroxylation is 1. The zero-order valence-corrected chi connectivity index (χ0v) is 16.4. The standard InChI is InChI=1S/C21H25N3O4/c1-13-20(15(3)25)14(2)24(22-13)12-19(26)23-8-7-17(11-23)9-16-5-4-6-18(10-16)21(27)28/h4-6,10,17H,7-9,11-12H2,1-3H3,(H,27,28). The van der Waals surface area contributed by atoms with Crippen LogP contribution in [0.1, 0.15) is 51.0 Å². The fourth-order valence-corrected chi connectivity index (χ4v) is 3.98. The molecule has 0 aliphatic carbocycles. The molecule has 3 rings (SSSR count). The van der Waals surface area contributed by atoms with Crippen molar-refractivity contribution in [3.05, 3.63) is 52.3 Å². The van der Waals surface area contributed by atoms with Gasteiger partial charge in [-0.15, -0.1) is 0 Å². The molecule has 1 fully saturated rings. The van der Waals surface area contributed by atoms with E-state index in [-0.39, 0.29) is 23.8 Å². The van der Waals surface area contributed by atoms with Gasteiger partial charge in [0.05, 0.1) is 16.8 Å². The Morgan fingerprint density at radius 1 is 1.25 bits per heavy atom. The summed E-state index contributed by atoms with van der Waals surface area (Å²) in [6, 6.07) is 6.97. The highest BCUT2D eigenvalue weighted by Gasteiger charge is 2.27. The maximum absolute atomic E-state index is 12.7. The van der Waals surface area contributed by atoms with Crippen molar-refractivity contribution in [2.75, 3.05) is 13.1 Å². The molecule has 1 aromatic carbocycles. The normalized spacial score (nSPS) is 16.4. The summed E-state index contributed by atoms with van der Waals surface area (Å²) < 4.78 is 1.61. The number of ketones is 1. The number of rotatable bonds is 6. The molecule has 0 spiro atoms. The van der Waals surface area contributed by atoms with Gasteiger partial charge in [-0.05, 0) is 57.2 Å². The third-order valence-corrected chi connectivity index (χ3v) is 5.36. The summed E-state index contributed by atoms with van der Waals surface area (Å²) in [4.78, 5) is 37.4. The van der Waals surface area contributed by atoms with Crippen LogP contribution in [0.15, 0.2) is 24.3 Å².